The maximum absolute atomic E-state index is 11.9. The van der Waals surface area contributed by atoms with Crippen molar-refractivity contribution in [1.82, 2.24) is 5.32 Å². The van der Waals surface area contributed by atoms with Crippen LogP contribution in [0.15, 0.2) is 48.5 Å². The molecule has 1 unspecified atom stereocenters. The number of ether oxygens (including phenoxy) is 1. The van der Waals surface area contributed by atoms with Crippen LogP contribution < -0.4 is 10.1 Å². The summed E-state index contributed by atoms with van der Waals surface area (Å²) in [5, 5.41) is 12.0. The Balaban J connectivity index is 1.83. The summed E-state index contributed by atoms with van der Waals surface area (Å²) in [5.41, 5.74) is 3.01. The quantitative estimate of drug-likeness (QED) is 0.774. The number of amides is 1. The summed E-state index contributed by atoms with van der Waals surface area (Å²) in [6.07, 6.45) is 0.369. The fourth-order valence-corrected chi connectivity index (χ4v) is 2.54. The smallest absolute Gasteiger partial charge is 0.308 e. The molecule has 0 fully saturated rings. The number of aliphatic carboxylic acids is 1. The average molecular weight is 341 g/mol. The summed E-state index contributed by atoms with van der Waals surface area (Å²) in [6.45, 7) is 3.84. The molecule has 5 nitrogen and oxygen atoms in total. The van der Waals surface area contributed by atoms with Crippen LogP contribution in [-0.2, 0) is 16.0 Å². The molecule has 25 heavy (non-hydrogen) atoms. The highest BCUT2D eigenvalue weighted by Crippen LogP contribution is 2.18. The van der Waals surface area contributed by atoms with Gasteiger partial charge in [0.25, 0.3) is 5.91 Å². The Morgan fingerprint density at radius 2 is 1.84 bits per heavy atom. The van der Waals surface area contributed by atoms with Crippen LogP contribution in [-0.4, -0.2) is 30.1 Å². The van der Waals surface area contributed by atoms with Crippen LogP contribution in [0.1, 0.15) is 16.7 Å². The Kier molecular flexibility index (Phi) is 6.57. The largest absolute Gasteiger partial charge is 0.484 e. The van der Waals surface area contributed by atoms with E-state index in [1.807, 2.05) is 62.4 Å². The number of carboxylic acids is 1. The van der Waals surface area contributed by atoms with Gasteiger partial charge < -0.3 is 15.2 Å². The van der Waals surface area contributed by atoms with Crippen LogP contribution in [0.5, 0.6) is 5.75 Å². The maximum Gasteiger partial charge on any atom is 0.308 e. The molecule has 5 heteroatoms. The van der Waals surface area contributed by atoms with Crippen LogP contribution in [0.4, 0.5) is 0 Å². The van der Waals surface area contributed by atoms with Crippen molar-refractivity contribution in [2.75, 3.05) is 13.2 Å². The number of aryl methyl sites for hydroxylation is 2. The molecule has 0 heterocycles. The first kappa shape index (κ1) is 18.5. The van der Waals surface area contributed by atoms with Gasteiger partial charge in [0.1, 0.15) is 5.75 Å². The van der Waals surface area contributed by atoms with Gasteiger partial charge in [0.05, 0.1) is 5.92 Å². The monoisotopic (exact) mass is 341 g/mol. The molecule has 0 aromatic heterocycles. The molecule has 1 amide bonds. The Morgan fingerprint density at radius 1 is 1.12 bits per heavy atom. The lowest BCUT2D eigenvalue weighted by atomic mass is 9.99. The molecule has 2 N–H and O–H groups in total. The highest BCUT2D eigenvalue weighted by Gasteiger charge is 2.19. The molecule has 0 spiro atoms. The second-order valence-electron chi connectivity index (χ2n) is 6.09. The number of hydrogen-bond acceptors (Lipinski definition) is 3. The average Bonchev–Trinajstić information content (AvgIpc) is 2.58. The van der Waals surface area contributed by atoms with E-state index in [0.717, 1.165) is 16.7 Å². The van der Waals surface area contributed by atoms with Crippen molar-refractivity contribution in [3.63, 3.8) is 0 Å². The summed E-state index contributed by atoms with van der Waals surface area (Å²) in [6, 6.07) is 15.1. The third-order valence-corrected chi connectivity index (χ3v) is 3.91. The van der Waals surface area contributed by atoms with Crippen LogP contribution >= 0.6 is 0 Å². The van der Waals surface area contributed by atoms with Gasteiger partial charge >= 0.3 is 5.97 Å². The zero-order chi connectivity index (χ0) is 18.2. The molecule has 2 aromatic carbocycles. The van der Waals surface area contributed by atoms with Crippen molar-refractivity contribution >= 4 is 11.9 Å². The number of carbonyl (C=O) groups excluding carboxylic acids is 1. The second-order valence-corrected chi connectivity index (χ2v) is 6.09. The first-order chi connectivity index (χ1) is 12.0. The number of carboxylic acid groups (broad SMARTS) is 1. The van der Waals surface area contributed by atoms with Crippen molar-refractivity contribution in [2.24, 2.45) is 5.92 Å². The third-order valence-electron chi connectivity index (χ3n) is 3.91. The summed E-state index contributed by atoms with van der Waals surface area (Å²) < 4.78 is 5.51. The van der Waals surface area contributed by atoms with Gasteiger partial charge in [0, 0.05) is 6.54 Å². The Labute approximate surface area is 147 Å². The molecule has 0 saturated carbocycles. The summed E-state index contributed by atoms with van der Waals surface area (Å²) in [5.74, 6) is -1.29. The van der Waals surface area contributed by atoms with Crippen molar-refractivity contribution in [3.8, 4) is 5.75 Å². The Hall–Kier alpha value is -2.82. The topological polar surface area (TPSA) is 75.6 Å². The highest BCUT2D eigenvalue weighted by molar-refractivity contribution is 5.78. The first-order valence-corrected chi connectivity index (χ1v) is 8.19. The Bertz CT molecular complexity index is 728. The van der Waals surface area contributed by atoms with Gasteiger partial charge in [-0.3, -0.25) is 9.59 Å². The molecule has 2 aromatic rings. The summed E-state index contributed by atoms with van der Waals surface area (Å²) in [7, 11) is 0. The van der Waals surface area contributed by atoms with E-state index in [-0.39, 0.29) is 19.1 Å². The zero-order valence-electron chi connectivity index (χ0n) is 14.5. The van der Waals surface area contributed by atoms with Crippen molar-refractivity contribution in [3.05, 3.63) is 65.2 Å². The number of rotatable bonds is 8. The third kappa shape index (κ3) is 5.95. The summed E-state index contributed by atoms with van der Waals surface area (Å²) in [4.78, 5) is 23.3. The Morgan fingerprint density at radius 3 is 2.48 bits per heavy atom. The normalized spacial score (nSPS) is 11.6. The molecule has 0 bridgehead atoms. The van der Waals surface area contributed by atoms with Gasteiger partial charge in [0.15, 0.2) is 6.61 Å². The molecular formula is C20H23NO4. The van der Waals surface area contributed by atoms with Crippen LogP contribution in [0, 0.1) is 19.8 Å². The number of carbonyl (C=O) groups is 2. The fourth-order valence-electron chi connectivity index (χ4n) is 2.54. The number of benzene rings is 2. The van der Waals surface area contributed by atoms with Crippen molar-refractivity contribution < 1.29 is 19.4 Å². The van der Waals surface area contributed by atoms with E-state index in [0.29, 0.717) is 12.2 Å². The molecule has 0 aliphatic carbocycles. The SMILES string of the molecule is Cc1ccc(OCC(=O)NCC(Cc2ccccc2)C(=O)O)c(C)c1. The van der Waals surface area contributed by atoms with E-state index in [9.17, 15) is 14.7 Å². The van der Waals surface area contributed by atoms with E-state index in [2.05, 4.69) is 5.32 Å². The number of nitrogens with one attached hydrogen (secondary N) is 1. The molecule has 2 rings (SSSR count). The molecule has 0 saturated heterocycles. The lowest BCUT2D eigenvalue weighted by molar-refractivity contribution is -0.141. The van der Waals surface area contributed by atoms with Crippen molar-refractivity contribution in [2.45, 2.75) is 20.3 Å². The van der Waals surface area contributed by atoms with Crippen molar-refractivity contribution in [1.29, 1.82) is 0 Å². The predicted octanol–water partition coefficient (Wildman–Crippen LogP) is 2.74. The van der Waals surface area contributed by atoms with Gasteiger partial charge in [-0.2, -0.15) is 0 Å². The second kappa shape index (κ2) is 8.87. The lowest BCUT2D eigenvalue weighted by Crippen LogP contribution is -2.36. The summed E-state index contributed by atoms with van der Waals surface area (Å²) >= 11 is 0. The minimum absolute atomic E-state index is 0.0688. The zero-order valence-corrected chi connectivity index (χ0v) is 14.5. The van der Waals surface area contributed by atoms with E-state index < -0.39 is 11.9 Å². The molecule has 0 aliphatic rings. The maximum atomic E-state index is 11.9. The minimum atomic E-state index is -0.931. The molecule has 1 atom stereocenters. The molecule has 0 aliphatic heterocycles. The van der Waals surface area contributed by atoms with Gasteiger partial charge in [-0.05, 0) is 37.5 Å². The lowest BCUT2D eigenvalue weighted by Gasteiger charge is -2.14. The molecule has 0 radical (unpaired) electrons. The molecule has 132 valence electrons. The predicted molar refractivity (Wildman–Crippen MR) is 95.7 cm³/mol. The fraction of sp³-hybridized carbons (Fsp3) is 0.300. The van der Waals surface area contributed by atoms with E-state index >= 15 is 0 Å². The van der Waals surface area contributed by atoms with E-state index in [1.165, 1.54) is 0 Å². The minimum Gasteiger partial charge on any atom is -0.484 e. The first-order valence-electron chi connectivity index (χ1n) is 8.19. The van der Waals surface area contributed by atoms with Crippen LogP contribution in [0.25, 0.3) is 0 Å². The van der Waals surface area contributed by atoms with Crippen LogP contribution in [0.3, 0.4) is 0 Å². The van der Waals surface area contributed by atoms with E-state index in [4.69, 9.17) is 4.74 Å². The van der Waals surface area contributed by atoms with Gasteiger partial charge in [0.2, 0.25) is 0 Å². The molecular weight excluding hydrogens is 318 g/mol. The standard InChI is InChI=1S/C20H23NO4/c1-14-8-9-18(15(2)10-14)25-13-19(22)21-12-17(20(23)24)11-16-6-4-3-5-7-16/h3-10,17H,11-13H2,1-2H3,(H,21,22)(H,23,24). The van der Waals surface area contributed by atoms with Gasteiger partial charge in [-0.15, -0.1) is 0 Å². The van der Waals surface area contributed by atoms with Crippen LogP contribution in [0.2, 0.25) is 0 Å². The van der Waals surface area contributed by atoms with Gasteiger partial charge in [-0.25, -0.2) is 0 Å². The van der Waals surface area contributed by atoms with Gasteiger partial charge in [-0.1, -0.05) is 48.0 Å². The van der Waals surface area contributed by atoms with E-state index in [1.54, 1.807) is 0 Å². The number of hydrogen-bond donors (Lipinski definition) is 2. The highest BCUT2D eigenvalue weighted by atomic mass is 16.5.